The molecule has 0 unspecified atom stereocenters. The molecule has 2 aromatic carbocycles. The Morgan fingerprint density at radius 3 is 2.63 bits per heavy atom. The van der Waals surface area contributed by atoms with E-state index in [-0.39, 0.29) is 18.4 Å². The van der Waals surface area contributed by atoms with Crippen LogP contribution in [0.25, 0.3) is 17.4 Å². The van der Waals surface area contributed by atoms with Crippen LogP contribution < -0.4 is 10.1 Å². The molecule has 0 spiro atoms. The number of hydrogen-bond donors (Lipinski definition) is 1. The quantitative estimate of drug-likeness (QED) is 0.171. The lowest BCUT2D eigenvalue weighted by atomic mass is 10.2. The number of carbonyl (C=O) groups excluding carboxylic acids is 2. The third kappa shape index (κ3) is 6.24. The van der Waals surface area contributed by atoms with Crippen LogP contribution in [-0.2, 0) is 16.1 Å². The number of thioether (sulfide) groups is 1. The molecule has 1 saturated carbocycles. The van der Waals surface area contributed by atoms with E-state index in [1.165, 1.54) is 4.90 Å². The van der Waals surface area contributed by atoms with Gasteiger partial charge in [-0.1, -0.05) is 47.7 Å². The summed E-state index contributed by atoms with van der Waals surface area (Å²) >= 11 is 12.6. The molecule has 11 heteroatoms. The lowest BCUT2D eigenvalue weighted by molar-refractivity contribution is -0.126. The highest BCUT2D eigenvalue weighted by Gasteiger charge is 2.34. The van der Waals surface area contributed by atoms with Crippen LogP contribution in [0.1, 0.15) is 35.8 Å². The molecule has 4 aromatic rings. The zero-order chi connectivity index (χ0) is 28.5. The fourth-order valence-corrected chi connectivity index (χ4v) is 5.79. The number of rotatable bonds is 9. The van der Waals surface area contributed by atoms with E-state index in [1.807, 2.05) is 48.5 Å². The molecule has 2 amide bonds. The van der Waals surface area contributed by atoms with Crippen molar-refractivity contribution in [3.63, 3.8) is 0 Å². The Balaban J connectivity index is 1.13. The molecule has 8 nitrogen and oxygen atoms in total. The number of methoxy groups -OCH3 is 1. The van der Waals surface area contributed by atoms with E-state index in [1.54, 1.807) is 36.1 Å². The van der Waals surface area contributed by atoms with Gasteiger partial charge in [0.2, 0.25) is 5.91 Å². The van der Waals surface area contributed by atoms with Gasteiger partial charge in [-0.15, -0.1) is 0 Å². The van der Waals surface area contributed by atoms with Gasteiger partial charge in [-0.25, -0.2) is 4.68 Å². The topological polar surface area (TPSA) is 89.6 Å². The van der Waals surface area contributed by atoms with E-state index in [4.69, 9.17) is 38.1 Å². The maximum Gasteiger partial charge on any atom is 0.266 e. The number of hydrogen-bond acceptors (Lipinski definition) is 7. The van der Waals surface area contributed by atoms with Crippen LogP contribution >= 0.6 is 35.6 Å². The first kappa shape index (κ1) is 27.3. The number of ether oxygens (including phenoxy) is 1. The summed E-state index contributed by atoms with van der Waals surface area (Å²) in [6.45, 7) is 0.278. The monoisotopic (exact) mass is 604 g/mol. The summed E-state index contributed by atoms with van der Waals surface area (Å²) < 4.78 is 13.3. The van der Waals surface area contributed by atoms with Crippen LogP contribution in [0.3, 0.4) is 0 Å². The van der Waals surface area contributed by atoms with Crippen molar-refractivity contribution in [1.82, 2.24) is 14.7 Å². The first-order chi connectivity index (χ1) is 19.9. The molecule has 0 radical (unpaired) electrons. The zero-order valence-electron chi connectivity index (χ0n) is 22.0. The van der Waals surface area contributed by atoms with Crippen molar-refractivity contribution in [2.45, 2.75) is 25.3 Å². The molecule has 1 N–H and O–H groups in total. The summed E-state index contributed by atoms with van der Waals surface area (Å²) in [5.74, 6) is 2.23. The first-order valence-corrected chi connectivity index (χ1v) is 14.6. The van der Waals surface area contributed by atoms with Gasteiger partial charge < -0.3 is 14.5 Å². The fraction of sp³-hybridized carbons (Fsp3) is 0.200. The summed E-state index contributed by atoms with van der Waals surface area (Å²) in [7, 11) is 1.63. The molecule has 2 aliphatic rings. The Morgan fingerprint density at radius 1 is 1.17 bits per heavy atom. The van der Waals surface area contributed by atoms with Gasteiger partial charge in [0, 0.05) is 28.6 Å². The van der Waals surface area contributed by atoms with E-state index < -0.39 is 0 Å². The summed E-state index contributed by atoms with van der Waals surface area (Å²) in [5.41, 5.74) is 2.85. The third-order valence-electron chi connectivity index (χ3n) is 6.76. The van der Waals surface area contributed by atoms with Gasteiger partial charge in [0.05, 0.1) is 24.3 Å². The van der Waals surface area contributed by atoms with Crippen molar-refractivity contribution >= 4 is 63.6 Å². The molecule has 3 heterocycles. The average Bonchev–Trinajstić information content (AvgIpc) is 3.51. The molecular weight excluding hydrogens is 580 g/mol. The van der Waals surface area contributed by atoms with Crippen LogP contribution in [0.5, 0.6) is 5.75 Å². The molecule has 0 atom stereocenters. The van der Waals surface area contributed by atoms with Crippen LogP contribution in [0.2, 0.25) is 5.02 Å². The van der Waals surface area contributed by atoms with Gasteiger partial charge in [0.1, 0.15) is 34.0 Å². The number of benzene rings is 2. The first-order valence-electron chi connectivity index (χ1n) is 13.0. The molecule has 1 aliphatic heterocycles. The van der Waals surface area contributed by atoms with Gasteiger partial charge in [-0.3, -0.25) is 14.5 Å². The summed E-state index contributed by atoms with van der Waals surface area (Å²) in [6, 6.07) is 20.5. The van der Waals surface area contributed by atoms with Crippen LogP contribution in [0.15, 0.2) is 76.1 Å². The van der Waals surface area contributed by atoms with Crippen LogP contribution in [-0.4, -0.2) is 44.5 Å². The lowest BCUT2D eigenvalue weighted by Gasteiger charge is -2.15. The number of nitrogens with zero attached hydrogens (tertiary/aromatic N) is 3. The smallest absolute Gasteiger partial charge is 0.266 e. The van der Waals surface area contributed by atoms with Crippen molar-refractivity contribution in [2.75, 3.05) is 19.0 Å². The Morgan fingerprint density at radius 2 is 1.93 bits per heavy atom. The molecule has 41 heavy (non-hydrogen) atoms. The number of anilines is 1. The Bertz CT molecular complexity index is 1660. The minimum atomic E-state index is -0.358. The standard InChI is InChI=1S/C30H25ClN4O4S2/c1-38-22-10-2-18(3-11-22)16-35-27(15-24(33-35)19-4-5-19)32-28(36)17-34-29(37)26(41-30(34)40)14-23-12-13-25(39-23)20-6-8-21(31)9-7-20/h2-3,6-15,19H,4-5,16-17H2,1H3,(H,32,36)/b26-14+. The van der Waals surface area contributed by atoms with Crippen molar-refractivity contribution in [3.8, 4) is 17.1 Å². The number of aromatic nitrogens is 2. The predicted octanol–water partition coefficient (Wildman–Crippen LogP) is 6.57. The van der Waals surface area contributed by atoms with E-state index >= 15 is 0 Å². The van der Waals surface area contributed by atoms with Gasteiger partial charge in [-0.05, 0) is 66.9 Å². The highest BCUT2D eigenvalue weighted by Crippen LogP contribution is 2.40. The number of amides is 2. The molecule has 208 valence electrons. The van der Waals surface area contributed by atoms with Crippen molar-refractivity contribution < 1.29 is 18.7 Å². The van der Waals surface area contributed by atoms with Crippen LogP contribution in [0.4, 0.5) is 5.82 Å². The Hall–Kier alpha value is -3.86. The minimum absolute atomic E-state index is 0.206. The fourth-order valence-electron chi connectivity index (χ4n) is 4.43. The van der Waals surface area contributed by atoms with Gasteiger partial charge in [0.15, 0.2) is 0 Å². The van der Waals surface area contributed by atoms with Gasteiger partial charge >= 0.3 is 0 Å². The van der Waals surface area contributed by atoms with E-state index in [9.17, 15) is 9.59 Å². The van der Waals surface area contributed by atoms with Crippen molar-refractivity contribution in [1.29, 1.82) is 0 Å². The highest BCUT2D eigenvalue weighted by atomic mass is 35.5. The molecule has 2 aromatic heterocycles. The Kier molecular flexibility index (Phi) is 7.70. The molecule has 2 fully saturated rings. The average molecular weight is 605 g/mol. The molecule has 1 aliphatic carbocycles. The lowest BCUT2D eigenvalue weighted by Crippen LogP contribution is -2.36. The molecule has 0 bridgehead atoms. The maximum absolute atomic E-state index is 13.2. The van der Waals surface area contributed by atoms with Gasteiger partial charge in [-0.2, -0.15) is 5.10 Å². The van der Waals surface area contributed by atoms with E-state index in [0.717, 1.165) is 47.2 Å². The zero-order valence-corrected chi connectivity index (χ0v) is 24.4. The maximum atomic E-state index is 13.2. The molecule has 1 saturated heterocycles. The second kappa shape index (κ2) is 11.6. The number of nitrogens with one attached hydrogen (secondary N) is 1. The second-order valence-electron chi connectivity index (χ2n) is 9.76. The van der Waals surface area contributed by atoms with E-state index in [2.05, 4.69) is 5.32 Å². The predicted molar refractivity (Wildman–Crippen MR) is 164 cm³/mol. The van der Waals surface area contributed by atoms with E-state index in [0.29, 0.717) is 44.0 Å². The van der Waals surface area contributed by atoms with Crippen molar-refractivity contribution in [3.05, 3.63) is 93.7 Å². The largest absolute Gasteiger partial charge is 0.497 e. The third-order valence-corrected chi connectivity index (χ3v) is 8.39. The highest BCUT2D eigenvalue weighted by molar-refractivity contribution is 8.26. The number of furan rings is 1. The number of carbonyl (C=O) groups is 2. The molecular formula is C30H25ClN4O4S2. The number of thiocarbonyl (C=S) groups is 1. The SMILES string of the molecule is COc1ccc(Cn2nc(C3CC3)cc2NC(=O)CN2C(=O)/C(=C\c3ccc(-c4ccc(Cl)cc4)o3)SC2=S)cc1. The normalized spacial score (nSPS) is 16.0. The van der Waals surface area contributed by atoms with Crippen molar-refractivity contribution in [2.24, 2.45) is 0 Å². The second-order valence-corrected chi connectivity index (χ2v) is 11.9. The number of halogens is 1. The van der Waals surface area contributed by atoms with Gasteiger partial charge in [0.25, 0.3) is 5.91 Å². The Labute approximate surface area is 251 Å². The van der Waals surface area contributed by atoms with Crippen LogP contribution in [0, 0.1) is 0 Å². The minimum Gasteiger partial charge on any atom is -0.497 e. The summed E-state index contributed by atoms with van der Waals surface area (Å²) in [5, 5.41) is 8.32. The summed E-state index contributed by atoms with van der Waals surface area (Å²) in [6.07, 6.45) is 3.82. The summed E-state index contributed by atoms with van der Waals surface area (Å²) in [4.78, 5) is 28.0. The molecule has 6 rings (SSSR count).